The highest BCUT2D eigenvalue weighted by atomic mass is 35.5. The fraction of sp³-hybridized carbons (Fsp3) is 0.562. The Balaban J connectivity index is 0.00000220. The molecule has 1 saturated heterocycles. The van der Waals surface area contributed by atoms with E-state index in [1.54, 1.807) is 7.11 Å². The molecular formula is C16H25ClN2O2. The SMILES string of the molecule is COC1(C(=O)NCCc2cccc(C)c2)CCNCC1.Cl. The number of aryl methyl sites for hydroxylation is 1. The molecule has 1 aliphatic rings. The van der Waals surface area contributed by atoms with Crippen molar-refractivity contribution < 1.29 is 9.53 Å². The van der Waals surface area contributed by atoms with Gasteiger partial charge in [-0.3, -0.25) is 4.79 Å². The number of halogens is 1. The lowest BCUT2D eigenvalue weighted by Crippen LogP contribution is -2.54. The number of methoxy groups -OCH3 is 1. The number of amides is 1. The quantitative estimate of drug-likeness (QED) is 0.872. The highest BCUT2D eigenvalue weighted by Crippen LogP contribution is 2.22. The Morgan fingerprint density at radius 1 is 1.38 bits per heavy atom. The maximum Gasteiger partial charge on any atom is 0.252 e. The summed E-state index contributed by atoms with van der Waals surface area (Å²) in [6.45, 7) is 4.40. The molecular weight excluding hydrogens is 288 g/mol. The lowest BCUT2D eigenvalue weighted by molar-refractivity contribution is -0.146. The molecule has 1 fully saturated rings. The van der Waals surface area contributed by atoms with Crippen LogP contribution in [0.25, 0.3) is 0 Å². The molecule has 1 amide bonds. The fourth-order valence-corrected chi connectivity index (χ4v) is 2.70. The number of ether oxygens (including phenoxy) is 1. The number of carbonyl (C=O) groups is 1. The predicted octanol–water partition coefficient (Wildman–Crippen LogP) is 1.84. The standard InChI is InChI=1S/C16H24N2O2.ClH/c1-13-4-3-5-14(12-13)6-9-18-15(19)16(20-2)7-10-17-11-8-16;/h3-5,12,17H,6-11H2,1-2H3,(H,18,19);1H. The summed E-state index contributed by atoms with van der Waals surface area (Å²) in [5.41, 5.74) is 1.86. The van der Waals surface area contributed by atoms with Crippen LogP contribution in [0.2, 0.25) is 0 Å². The second-order valence-electron chi connectivity index (χ2n) is 5.44. The van der Waals surface area contributed by atoms with E-state index in [4.69, 9.17) is 4.74 Å². The Morgan fingerprint density at radius 2 is 2.10 bits per heavy atom. The molecule has 2 N–H and O–H groups in total. The molecule has 21 heavy (non-hydrogen) atoms. The maximum atomic E-state index is 12.3. The highest BCUT2D eigenvalue weighted by molar-refractivity contribution is 5.85. The summed E-state index contributed by atoms with van der Waals surface area (Å²) in [4.78, 5) is 12.3. The van der Waals surface area contributed by atoms with Crippen LogP contribution in [0.1, 0.15) is 24.0 Å². The van der Waals surface area contributed by atoms with Gasteiger partial charge in [0.1, 0.15) is 5.60 Å². The minimum absolute atomic E-state index is 0. The first-order valence-electron chi connectivity index (χ1n) is 7.26. The summed E-state index contributed by atoms with van der Waals surface area (Å²) in [7, 11) is 1.63. The van der Waals surface area contributed by atoms with Gasteiger partial charge < -0.3 is 15.4 Å². The van der Waals surface area contributed by atoms with Gasteiger partial charge in [-0.25, -0.2) is 0 Å². The number of piperidine rings is 1. The van der Waals surface area contributed by atoms with E-state index in [0.29, 0.717) is 6.54 Å². The van der Waals surface area contributed by atoms with Crippen LogP contribution in [0.15, 0.2) is 24.3 Å². The van der Waals surface area contributed by atoms with Crippen LogP contribution in [-0.4, -0.2) is 38.3 Å². The van der Waals surface area contributed by atoms with Crippen molar-refractivity contribution in [1.29, 1.82) is 0 Å². The van der Waals surface area contributed by atoms with Gasteiger partial charge in [-0.05, 0) is 44.8 Å². The van der Waals surface area contributed by atoms with E-state index in [2.05, 4.69) is 41.8 Å². The first-order valence-corrected chi connectivity index (χ1v) is 7.26. The number of hydrogen-bond donors (Lipinski definition) is 2. The van der Waals surface area contributed by atoms with E-state index in [-0.39, 0.29) is 18.3 Å². The van der Waals surface area contributed by atoms with E-state index in [1.165, 1.54) is 11.1 Å². The number of carbonyl (C=O) groups excluding carboxylic acids is 1. The first-order chi connectivity index (χ1) is 9.66. The van der Waals surface area contributed by atoms with Gasteiger partial charge in [-0.1, -0.05) is 29.8 Å². The molecule has 0 saturated carbocycles. The molecule has 1 heterocycles. The average Bonchev–Trinajstić information content (AvgIpc) is 2.48. The van der Waals surface area contributed by atoms with E-state index in [9.17, 15) is 4.79 Å². The summed E-state index contributed by atoms with van der Waals surface area (Å²) < 4.78 is 5.51. The van der Waals surface area contributed by atoms with Crippen molar-refractivity contribution in [2.75, 3.05) is 26.7 Å². The Bertz CT molecular complexity index is 459. The molecule has 118 valence electrons. The molecule has 0 unspecified atom stereocenters. The summed E-state index contributed by atoms with van der Waals surface area (Å²) in [6, 6.07) is 8.38. The smallest absolute Gasteiger partial charge is 0.252 e. The Hall–Kier alpha value is -1.10. The van der Waals surface area contributed by atoms with Crippen molar-refractivity contribution in [2.45, 2.75) is 31.8 Å². The highest BCUT2D eigenvalue weighted by Gasteiger charge is 2.39. The second kappa shape index (κ2) is 8.37. The van der Waals surface area contributed by atoms with Crippen LogP contribution in [-0.2, 0) is 16.0 Å². The molecule has 1 aromatic carbocycles. The van der Waals surface area contributed by atoms with Crippen molar-refractivity contribution in [1.82, 2.24) is 10.6 Å². The predicted molar refractivity (Wildman–Crippen MR) is 87.0 cm³/mol. The zero-order valence-corrected chi connectivity index (χ0v) is 13.6. The Kier molecular flexibility index (Phi) is 7.15. The zero-order chi connectivity index (χ0) is 14.4. The minimum Gasteiger partial charge on any atom is -0.368 e. The molecule has 0 atom stereocenters. The summed E-state index contributed by atoms with van der Waals surface area (Å²) in [6.07, 6.45) is 2.32. The number of nitrogens with one attached hydrogen (secondary N) is 2. The molecule has 1 aliphatic heterocycles. The van der Waals surface area contributed by atoms with Crippen LogP contribution in [0, 0.1) is 6.92 Å². The molecule has 0 radical (unpaired) electrons. The van der Waals surface area contributed by atoms with Gasteiger partial charge in [-0.15, -0.1) is 12.4 Å². The number of benzene rings is 1. The molecule has 0 bridgehead atoms. The lowest BCUT2D eigenvalue weighted by atomic mass is 9.91. The second-order valence-corrected chi connectivity index (χ2v) is 5.44. The van der Waals surface area contributed by atoms with Gasteiger partial charge in [0.25, 0.3) is 5.91 Å². The first kappa shape index (κ1) is 18.0. The zero-order valence-electron chi connectivity index (χ0n) is 12.8. The minimum atomic E-state index is -0.641. The van der Waals surface area contributed by atoms with Gasteiger partial charge in [0.05, 0.1) is 0 Å². The lowest BCUT2D eigenvalue weighted by Gasteiger charge is -2.34. The third-order valence-corrected chi connectivity index (χ3v) is 4.00. The molecule has 5 heteroatoms. The van der Waals surface area contributed by atoms with E-state index < -0.39 is 5.60 Å². The third kappa shape index (κ3) is 4.70. The average molecular weight is 313 g/mol. The van der Waals surface area contributed by atoms with Crippen LogP contribution in [0.5, 0.6) is 0 Å². The monoisotopic (exact) mass is 312 g/mol. The van der Waals surface area contributed by atoms with E-state index >= 15 is 0 Å². The van der Waals surface area contributed by atoms with Crippen LogP contribution in [0.3, 0.4) is 0 Å². The van der Waals surface area contributed by atoms with E-state index in [1.807, 2.05) is 0 Å². The van der Waals surface area contributed by atoms with Crippen molar-refractivity contribution in [3.8, 4) is 0 Å². The normalized spacial score (nSPS) is 16.9. The molecule has 0 aromatic heterocycles. The van der Waals surface area contributed by atoms with Crippen LogP contribution >= 0.6 is 12.4 Å². The fourth-order valence-electron chi connectivity index (χ4n) is 2.70. The summed E-state index contributed by atoms with van der Waals surface area (Å²) >= 11 is 0. The summed E-state index contributed by atoms with van der Waals surface area (Å²) in [5, 5.41) is 6.28. The van der Waals surface area contributed by atoms with Crippen LogP contribution < -0.4 is 10.6 Å². The molecule has 2 rings (SSSR count). The van der Waals surface area contributed by atoms with Crippen molar-refractivity contribution >= 4 is 18.3 Å². The maximum absolute atomic E-state index is 12.3. The molecule has 0 aliphatic carbocycles. The van der Waals surface area contributed by atoms with Crippen molar-refractivity contribution in [3.63, 3.8) is 0 Å². The largest absolute Gasteiger partial charge is 0.368 e. The van der Waals surface area contributed by atoms with Gasteiger partial charge in [0.15, 0.2) is 0 Å². The molecule has 4 nitrogen and oxygen atoms in total. The topological polar surface area (TPSA) is 50.4 Å². The number of hydrogen-bond acceptors (Lipinski definition) is 3. The number of rotatable bonds is 5. The molecule has 0 spiro atoms. The Morgan fingerprint density at radius 3 is 2.71 bits per heavy atom. The molecule has 1 aromatic rings. The summed E-state index contributed by atoms with van der Waals surface area (Å²) in [5.74, 6) is 0.0224. The third-order valence-electron chi connectivity index (χ3n) is 4.00. The van der Waals surface area contributed by atoms with E-state index in [0.717, 1.165) is 32.4 Å². The van der Waals surface area contributed by atoms with Crippen molar-refractivity contribution in [3.05, 3.63) is 35.4 Å². The van der Waals surface area contributed by atoms with Crippen LogP contribution in [0.4, 0.5) is 0 Å². The van der Waals surface area contributed by atoms with Gasteiger partial charge in [0.2, 0.25) is 0 Å². The van der Waals surface area contributed by atoms with Crippen molar-refractivity contribution in [2.24, 2.45) is 0 Å². The van der Waals surface area contributed by atoms with Gasteiger partial charge in [0, 0.05) is 13.7 Å². The van der Waals surface area contributed by atoms with Gasteiger partial charge in [-0.2, -0.15) is 0 Å². The Labute approximate surface area is 133 Å². The van der Waals surface area contributed by atoms with Gasteiger partial charge >= 0.3 is 0 Å².